The van der Waals surface area contributed by atoms with Crippen LogP contribution in [-0.4, -0.2) is 63.3 Å². The zero-order valence-electron chi connectivity index (χ0n) is 18.3. The number of fused-ring (bicyclic) bond motifs is 2. The number of amides is 3. The predicted octanol–water partition coefficient (Wildman–Crippen LogP) is 2.49. The highest BCUT2D eigenvalue weighted by Crippen LogP contribution is 2.37. The normalized spacial score (nSPS) is 21.2. The Hall–Kier alpha value is -2.74. The molecule has 2 unspecified atom stereocenters. The van der Waals surface area contributed by atoms with Gasteiger partial charge in [0.05, 0.1) is 22.9 Å². The molecular weight excluding hydrogens is 394 g/mol. The first-order chi connectivity index (χ1) is 15.0. The van der Waals surface area contributed by atoms with Crippen molar-refractivity contribution in [2.24, 2.45) is 11.8 Å². The quantitative estimate of drug-likeness (QED) is 0.657. The number of hydrogen-bond donors (Lipinski definition) is 1. The van der Waals surface area contributed by atoms with Crippen LogP contribution in [0.1, 0.15) is 39.5 Å². The number of nitrogens with one attached hydrogen (secondary N) is 1. The molecule has 3 amide bonds. The van der Waals surface area contributed by atoms with E-state index in [2.05, 4.69) is 29.0 Å². The van der Waals surface area contributed by atoms with Gasteiger partial charge in [-0.05, 0) is 38.1 Å². The summed E-state index contributed by atoms with van der Waals surface area (Å²) in [6.45, 7) is 7.43. The second-order valence-electron chi connectivity index (χ2n) is 8.41. The fraction of sp³-hybridized carbons (Fsp3) is 0.565. The lowest BCUT2D eigenvalue weighted by molar-refractivity contribution is -0.142. The minimum Gasteiger partial charge on any atom is -0.309 e. The van der Waals surface area contributed by atoms with Crippen LogP contribution in [0.4, 0.5) is 5.95 Å². The third-order valence-electron chi connectivity index (χ3n) is 6.67. The van der Waals surface area contributed by atoms with Crippen molar-refractivity contribution in [2.45, 2.75) is 46.1 Å². The Balaban J connectivity index is 1.50. The van der Waals surface area contributed by atoms with Crippen LogP contribution in [0.15, 0.2) is 24.3 Å². The molecule has 1 aliphatic heterocycles. The first kappa shape index (κ1) is 21.5. The van der Waals surface area contributed by atoms with E-state index in [4.69, 9.17) is 0 Å². The highest BCUT2D eigenvalue weighted by atomic mass is 16.2. The van der Waals surface area contributed by atoms with Gasteiger partial charge in [-0.3, -0.25) is 24.6 Å². The van der Waals surface area contributed by atoms with Crippen LogP contribution < -0.4 is 5.32 Å². The maximum Gasteiger partial charge on any atom is 0.246 e. The Kier molecular flexibility index (Phi) is 6.36. The van der Waals surface area contributed by atoms with Gasteiger partial charge in [0.15, 0.2) is 0 Å². The van der Waals surface area contributed by atoms with Crippen LogP contribution in [0, 0.1) is 11.8 Å². The lowest BCUT2D eigenvalue weighted by atomic mass is 9.81. The number of anilines is 1. The zero-order valence-corrected chi connectivity index (χ0v) is 18.3. The van der Waals surface area contributed by atoms with E-state index in [9.17, 15) is 14.4 Å². The van der Waals surface area contributed by atoms with Gasteiger partial charge in [-0.2, -0.15) is 0 Å². The molecule has 2 aliphatic rings. The molecule has 8 nitrogen and oxygen atoms in total. The number of benzene rings is 1. The van der Waals surface area contributed by atoms with Crippen LogP contribution >= 0.6 is 0 Å². The molecule has 1 aromatic heterocycles. The monoisotopic (exact) mass is 425 g/mol. The molecule has 1 N–H and O–H groups in total. The molecular formula is C23H31N5O3. The summed E-state index contributed by atoms with van der Waals surface area (Å²) in [5.74, 6) is -0.810. The standard InChI is InChI=1S/C23H31N5O3/c1-3-26(4-2)13-14-27-19-12-8-7-11-18(19)24-23(27)25-20(29)15-28-21(30)16-9-5-6-10-17(16)22(28)31/h7-8,11-12,16-17H,3-6,9-10,13-15H2,1-2H3,(H,24,25,29). The molecule has 0 bridgehead atoms. The molecule has 8 heteroatoms. The lowest BCUT2D eigenvalue weighted by Crippen LogP contribution is -2.38. The molecule has 166 valence electrons. The van der Waals surface area contributed by atoms with Crippen molar-refractivity contribution >= 4 is 34.7 Å². The number of likely N-dealkylation sites (tertiary alicyclic amines) is 1. The van der Waals surface area contributed by atoms with Gasteiger partial charge in [0.2, 0.25) is 23.7 Å². The third-order valence-corrected chi connectivity index (χ3v) is 6.67. The molecule has 1 saturated heterocycles. The number of rotatable bonds is 8. The molecule has 4 rings (SSSR count). The maximum atomic E-state index is 12.8. The van der Waals surface area contributed by atoms with Crippen LogP contribution in [0.5, 0.6) is 0 Å². The topological polar surface area (TPSA) is 87.5 Å². The minimum absolute atomic E-state index is 0.195. The van der Waals surface area contributed by atoms with Gasteiger partial charge in [-0.15, -0.1) is 0 Å². The number of nitrogens with zero attached hydrogens (tertiary/aromatic N) is 4. The number of carbonyl (C=O) groups is 3. The van der Waals surface area contributed by atoms with E-state index in [1.54, 1.807) is 0 Å². The summed E-state index contributed by atoms with van der Waals surface area (Å²) in [6, 6.07) is 7.77. The average molecular weight is 426 g/mol. The van der Waals surface area contributed by atoms with Crippen molar-refractivity contribution in [3.8, 4) is 0 Å². The second kappa shape index (κ2) is 9.18. The molecule has 2 aromatic rings. The Morgan fingerprint density at radius 3 is 2.39 bits per heavy atom. The number of para-hydroxylation sites is 2. The highest BCUT2D eigenvalue weighted by Gasteiger charge is 2.48. The van der Waals surface area contributed by atoms with E-state index in [-0.39, 0.29) is 36.1 Å². The molecule has 2 atom stereocenters. The second-order valence-corrected chi connectivity index (χ2v) is 8.41. The van der Waals surface area contributed by atoms with Gasteiger partial charge >= 0.3 is 0 Å². The molecule has 31 heavy (non-hydrogen) atoms. The molecule has 1 saturated carbocycles. The van der Waals surface area contributed by atoms with E-state index < -0.39 is 0 Å². The molecule has 0 radical (unpaired) electrons. The van der Waals surface area contributed by atoms with Crippen molar-refractivity contribution in [2.75, 3.05) is 31.5 Å². The van der Waals surface area contributed by atoms with Gasteiger partial charge in [-0.1, -0.05) is 38.8 Å². The first-order valence-electron chi connectivity index (χ1n) is 11.4. The Morgan fingerprint density at radius 1 is 1.10 bits per heavy atom. The van der Waals surface area contributed by atoms with E-state index in [0.717, 1.165) is 61.3 Å². The summed E-state index contributed by atoms with van der Waals surface area (Å²) < 4.78 is 2.00. The maximum absolute atomic E-state index is 12.8. The van der Waals surface area contributed by atoms with Gasteiger partial charge in [0, 0.05) is 13.1 Å². The number of hydrogen-bond acceptors (Lipinski definition) is 5. The number of imidazole rings is 1. The summed E-state index contributed by atoms with van der Waals surface area (Å²) in [7, 11) is 0. The van der Waals surface area contributed by atoms with Crippen molar-refractivity contribution in [3.05, 3.63) is 24.3 Å². The SMILES string of the molecule is CCN(CC)CCn1c(NC(=O)CN2C(=O)C3CCCCC3C2=O)nc2ccccc21. The fourth-order valence-corrected chi connectivity index (χ4v) is 4.87. The van der Waals surface area contributed by atoms with E-state index in [1.807, 2.05) is 28.8 Å². The van der Waals surface area contributed by atoms with Gasteiger partial charge in [0.1, 0.15) is 6.54 Å². The smallest absolute Gasteiger partial charge is 0.246 e. The molecule has 1 aliphatic carbocycles. The van der Waals surface area contributed by atoms with E-state index in [0.29, 0.717) is 12.5 Å². The summed E-state index contributed by atoms with van der Waals surface area (Å²) in [5, 5.41) is 2.86. The van der Waals surface area contributed by atoms with Crippen molar-refractivity contribution in [1.29, 1.82) is 0 Å². The molecule has 2 fully saturated rings. The van der Waals surface area contributed by atoms with E-state index >= 15 is 0 Å². The minimum atomic E-state index is -0.389. The van der Waals surface area contributed by atoms with Gasteiger partial charge in [-0.25, -0.2) is 4.98 Å². The summed E-state index contributed by atoms with van der Waals surface area (Å²) >= 11 is 0. The Morgan fingerprint density at radius 2 is 1.74 bits per heavy atom. The fourth-order valence-electron chi connectivity index (χ4n) is 4.87. The highest BCUT2D eigenvalue weighted by molar-refractivity contribution is 6.08. The summed E-state index contributed by atoms with van der Waals surface area (Å²) in [4.78, 5) is 46.3. The van der Waals surface area contributed by atoms with Crippen molar-refractivity contribution < 1.29 is 14.4 Å². The Labute approximate surface area is 182 Å². The van der Waals surface area contributed by atoms with Gasteiger partial charge < -0.3 is 9.47 Å². The molecule has 1 aromatic carbocycles. The lowest BCUT2D eigenvalue weighted by Gasteiger charge is -2.19. The van der Waals surface area contributed by atoms with Crippen LogP contribution in [0.2, 0.25) is 0 Å². The number of imide groups is 1. The average Bonchev–Trinajstić information content (AvgIpc) is 3.25. The predicted molar refractivity (Wildman–Crippen MR) is 118 cm³/mol. The number of carbonyl (C=O) groups excluding carboxylic acids is 3. The number of likely N-dealkylation sites (N-methyl/N-ethyl adjacent to an activating group) is 1. The zero-order chi connectivity index (χ0) is 22.0. The largest absolute Gasteiger partial charge is 0.309 e. The third kappa shape index (κ3) is 4.21. The number of aromatic nitrogens is 2. The van der Waals surface area contributed by atoms with Crippen molar-refractivity contribution in [1.82, 2.24) is 19.4 Å². The van der Waals surface area contributed by atoms with Gasteiger partial charge in [0.25, 0.3) is 0 Å². The summed E-state index contributed by atoms with van der Waals surface area (Å²) in [6.07, 6.45) is 3.43. The van der Waals surface area contributed by atoms with Crippen LogP contribution in [0.3, 0.4) is 0 Å². The molecule has 2 heterocycles. The van der Waals surface area contributed by atoms with Crippen molar-refractivity contribution in [3.63, 3.8) is 0 Å². The summed E-state index contributed by atoms with van der Waals surface area (Å²) in [5.41, 5.74) is 1.75. The van der Waals surface area contributed by atoms with E-state index in [1.165, 1.54) is 0 Å². The van der Waals surface area contributed by atoms with Crippen LogP contribution in [0.25, 0.3) is 11.0 Å². The van der Waals surface area contributed by atoms with Crippen LogP contribution in [-0.2, 0) is 20.9 Å². The Bertz CT molecular complexity index is 957. The molecule has 0 spiro atoms. The first-order valence-corrected chi connectivity index (χ1v) is 11.4.